The van der Waals surface area contributed by atoms with Gasteiger partial charge in [0, 0.05) is 45.1 Å². The molecular formula is C23H30N6O3. The summed E-state index contributed by atoms with van der Waals surface area (Å²) in [5.41, 5.74) is 6.55. The number of carboxylic acid groups (broad SMARTS) is 1. The summed E-state index contributed by atoms with van der Waals surface area (Å²) in [4.78, 5) is 25.1. The number of nitrogens with zero attached hydrogens (tertiary/aromatic N) is 5. The Morgan fingerprint density at radius 3 is 2.47 bits per heavy atom. The Kier molecular flexibility index (Phi) is 7.89. The van der Waals surface area contributed by atoms with Crippen molar-refractivity contribution in [1.82, 2.24) is 20.3 Å². The number of benzene rings is 1. The Bertz CT molecular complexity index is 884. The maximum atomic E-state index is 10.8. The number of carboxylic acids is 1. The van der Waals surface area contributed by atoms with Crippen LogP contribution < -0.4 is 5.48 Å². The number of aromatic nitrogens is 1. The summed E-state index contributed by atoms with van der Waals surface area (Å²) in [6.45, 7) is 5.42. The van der Waals surface area contributed by atoms with Crippen molar-refractivity contribution in [3.8, 4) is 0 Å². The van der Waals surface area contributed by atoms with E-state index in [1.165, 1.54) is 5.56 Å². The first-order valence-electron chi connectivity index (χ1n) is 11.0. The largest absolute Gasteiger partial charge is 0.480 e. The highest BCUT2D eigenvalue weighted by molar-refractivity contribution is 5.69. The van der Waals surface area contributed by atoms with Crippen LogP contribution in [0, 0.1) is 0 Å². The number of nitrogens with one attached hydrogen (secondary N) is 1. The molecule has 2 N–H and O–H groups in total. The number of hydrogen-bond donors (Lipinski definition) is 2. The van der Waals surface area contributed by atoms with Gasteiger partial charge in [0.15, 0.2) is 0 Å². The van der Waals surface area contributed by atoms with Crippen LogP contribution in [-0.4, -0.2) is 71.2 Å². The molecule has 0 spiro atoms. The number of hydrogen-bond acceptors (Lipinski definition) is 8. The van der Waals surface area contributed by atoms with Gasteiger partial charge in [0.05, 0.1) is 31.8 Å². The number of aliphatic carboxylic acids is 1. The van der Waals surface area contributed by atoms with Crippen LogP contribution in [0.15, 0.2) is 59.0 Å². The molecule has 0 bridgehead atoms. The molecule has 4 rings (SSSR count). The van der Waals surface area contributed by atoms with E-state index in [1.54, 1.807) is 12.4 Å². The van der Waals surface area contributed by atoms with Crippen LogP contribution in [0.1, 0.15) is 29.2 Å². The van der Waals surface area contributed by atoms with Gasteiger partial charge in [-0.3, -0.25) is 24.4 Å². The zero-order chi connectivity index (χ0) is 22.2. The van der Waals surface area contributed by atoms with E-state index in [4.69, 9.17) is 9.94 Å². The molecule has 2 aliphatic rings. The van der Waals surface area contributed by atoms with E-state index < -0.39 is 5.97 Å². The van der Waals surface area contributed by atoms with Crippen molar-refractivity contribution >= 4 is 5.97 Å². The highest BCUT2D eigenvalue weighted by atomic mass is 16.7. The van der Waals surface area contributed by atoms with E-state index >= 15 is 0 Å². The molecular weight excluding hydrogens is 408 g/mol. The predicted molar refractivity (Wildman–Crippen MR) is 119 cm³/mol. The molecule has 9 heteroatoms. The highest BCUT2D eigenvalue weighted by Gasteiger charge is 2.29. The second kappa shape index (κ2) is 11.2. The van der Waals surface area contributed by atoms with E-state index in [-0.39, 0.29) is 18.7 Å². The van der Waals surface area contributed by atoms with Crippen LogP contribution in [0.2, 0.25) is 0 Å². The smallest absolute Gasteiger partial charge is 0.317 e. The summed E-state index contributed by atoms with van der Waals surface area (Å²) in [7, 11) is 0. The Balaban J connectivity index is 1.18. The molecule has 1 aromatic carbocycles. The fraction of sp³-hybridized carbons (Fsp3) is 0.478. The average Bonchev–Trinajstić information content (AvgIpc) is 3.27. The zero-order valence-corrected chi connectivity index (χ0v) is 18.1. The lowest BCUT2D eigenvalue weighted by molar-refractivity contribution is -0.138. The normalized spacial score (nSPS) is 22.5. The number of azo groups is 1. The molecule has 3 heterocycles. The van der Waals surface area contributed by atoms with Crippen LogP contribution in [0.25, 0.3) is 0 Å². The molecule has 170 valence electrons. The second-order valence-electron chi connectivity index (χ2n) is 8.32. The fourth-order valence-corrected chi connectivity index (χ4v) is 4.07. The molecule has 2 saturated heterocycles. The van der Waals surface area contributed by atoms with Crippen LogP contribution >= 0.6 is 0 Å². The van der Waals surface area contributed by atoms with Crippen LogP contribution in [0.4, 0.5) is 0 Å². The van der Waals surface area contributed by atoms with Gasteiger partial charge in [0.2, 0.25) is 0 Å². The Hall–Kier alpha value is -2.72. The first-order valence-corrected chi connectivity index (χ1v) is 11.0. The minimum absolute atomic E-state index is 0.124. The SMILES string of the molecule is O=C(O)CN1CCN(CC2CC(c3ccc(CN=NCc4cccnc4)cc3)NO2)CC1. The third-order valence-electron chi connectivity index (χ3n) is 5.87. The van der Waals surface area contributed by atoms with Crippen LogP contribution in [0.3, 0.4) is 0 Å². The Labute approximate surface area is 188 Å². The van der Waals surface area contributed by atoms with E-state index in [1.807, 2.05) is 17.0 Å². The summed E-state index contributed by atoms with van der Waals surface area (Å²) in [6.07, 6.45) is 4.60. The molecule has 9 nitrogen and oxygen atoms in total. The molecule has 0 amide bonds. The van der Waals surface area contributed by atoms with Crippen molar-refractivity contribution in [2.45, 2.75) is 31.7 Å². The molecule has 1 aromatic heterocycles. The number of piperazine rings is 1. The minimum Gasteiger partial charge on any atom is -0.480 e. The van der Waals surface area contributed by atoms with Gasteiger partial charge in [-0.2, -0.15) is 15.7 Å². The molecule has 2 aromatic rings. The summed E-state index contributed by atoms with van der Waals surface area (Å²) >= 11 is 0. The van der Waals surface area contributed by atoms with E-state index in [0.717, 1.165) is 50.3 Å². The average molecular weight is 439 g/mol. The van der Waals surface area contributed by atoms with Gasteiger partial charge in [-0.05, 0) is 29.2 Å². The van der Waals surface area contributed by atoms with Crippen molar-refractivity contribution in [2.24, 2.45) is 10.2 Å². The molecule has 0 saturated carbocycles. The minimum atomic E-state index is -0.761. The monoisotopic (exact) mass is 438 g/mol. The van der Waals surface area contributed by atoms with Gasteiger partial charge < -0.3 is 5.11 Å². The molecule has 2 fully saturated rings. The number of pyridine rings is 1. The number of rotatable bonds is 9. The number of hydroxylamine groups is 1. The molecule has 2 aliphatic heterocycles. The second-order valence-corrected chi connectivity index (χ2v) is 8.32. The first-order chi connectivity index (χ1) is 15.7. The fourth-order valence-electron chi connectivity index (χ4n) is 4.07. The summed E-state index contributed by atoms with van der Waals surface area (Å²) in [6, 6.07) is 12.5. The highest BCUT2D eigenvalue weighted by Crippen LogP contribution is 2.26. The maximum absolute atomic E-state index is 10.8. The van der Waals surface area contributed by atoms with Gasteiger partial charge in [-0.1, -0.05) is 30.3 Å². The maximum Gasteiger partial charge on any atom is 0.317 e. The quantitative estimate of drug-likeness (QED) is 0.579. The van der Waals surface area contributed by atoms with Crippen molar-refractivity contribution in [2.75, 3.05) is 39.3 Å². The topological polar surface area (TPSA) is 103 Å². The zero-order valence-electron chi connectivity index (χ0n) is 18.1. The van der Waals surface area contributed by atoms with E-state index in [9.17, 15) is 4.79 Å². The Morgan fingerprint density at radius 2 is 1.78 bits per heavy atom. The molecule has 32 heavy (non-hydrogen) atoms. The summed E-state index contributed by atoms with van der Waals surface area (Å²) in [5.74, 6) is -0.761. The third kappa shape index (κ3) is 6.64. The van der Waals surface area contributed by atoms with Crippen molar-refractivity contribution in [3.05, 3.63) is 65.5 Å². The molecule has 2 unspecified atom stereocenters. The van der Waals surface area contributed by atoms with Crippen LogP contribution in [0.5, 0.6) is 0 Å². The van der Waals surface area contributed by atoms with E-state index in [2.05, 4.69) is 49.9 Å². The summed E-state index contributed by atoms with van der Waals surface area (Å²) in [5, 5.41) is 17.4. The molecule has 2 atom stereocenters. The molecule has 0 aliphatic carbocycles. The van der Waals surface area contributed by atoms with Gasteiger partial charge >= 0.3 is 5.97 Å². The third-order valence-corrected chi connectivity index (χ3v) is 5.87. The molecule has 0 radical (unpaired) electrons. The lowest BCUT2D eigenvalue weighted by Gasteiger charge is -2.34. The number of carbonyl (C=O) groups is 1. The van der Waals surface area contributed by atoms with Crippen molar-refractivity contribution in [1.29, 1.82) is 0 Å². The van der Waals surface area contributed by atoms with E-state index in [0.29, 0.717) is 13.1 Å². The van der Waals surface area contributed by atoms with Gasteiger partial charge in [-0.25, -0.2) is 0 Å². The first kappa shape index (κ1) is 22.5. The summed E-state index contributed by atoms with van der Waals surface area (Å²) < 4.78 is 0. The van der Waals surface area contributed by atoms with Gasteiger partial charge in [0.1, 0.15) is 0 Å². The Morgan fingerprint density at radius 1 is 1.06 bits per heavy atom. The standard InChI is InChI=1S/C23H30N6O3/c30-23(31)17-29-10-8-28(9-11-29)16-21-12-22(27-32-21)20-5-3-18(4-6-20)14-25-26-15-19-2-1-7-24-13-19/h1-7,13,21-22,27H,8-12,14-17H2,(H,30,31). The lowest BCUT2D eigenvalue weighted by Crippen LogP contribution is -2.49. The van der Waals surface area contributed by atoms with Crippen LogP contribution in [-0.2, 0) is 22.7 Å². The predicted octanol–water partition coefficient (Wildman–Crippen LogP) is 2.27. The van der Waals surface area contributed by atoms with Gasteiger partial charge in [0.25, 0.3) is 0 Å². The lowest BCUT2D eigenvalue weighted by atomic mass is 10.0. The van der Waals surface area contributed by atoms with Crippen molar-refractivity contribution < 1.29 is 14.7 Å². The van der Waals surface area contributed by atoms with Gasteiger partial charge in [-0.15, -0.1) is 0 Å². The van der Waals surface area contributed by atoms with Crippen molar-refractivity contribution in [3.63, 3.8) is 0 Å².